The molecule has 0 aromatic heterocycles. The molecule has 2 aromatic carbocycles. The van der Waals surface area contributed by atoms with Crippen LogP contribution >= 0.6 is 0 Å². The van der Waals surface area contributed by atoms with E-state index in [1.165, 1.54) is 18.7 Å². The van der Waals surface area contributed by atoms with Gasteiger partial charge in [0.2, 0.25) is 23.6 Å². The summed E-state index contributed by atoms with van der Waals surface area (Å²) in [5.74, 6) is -2.15. The Balaban J connectivity index is 1.68. The molecule has 5 N–H and O–H groups in total. The SMILES string of the molecule is CC(=O)N[C@H](C)C(=O)N1C[C@H](O)C[C@H]1C(=O)N[C@H](Cc1ccc(-c2ccccc2)cc1)C(N)=O. The average Bonchev–Trinajstić information content (AvgIpc) is 3.20. The number of benzene rings is 2. The Kier molecular flexibility index (Phi) is 8.01. The maximum Gasteiger partial charge on any atom is 0.245 e. The molecular formula is C25H30N4O5. The van der Waals surface area contributed by atoms with Crippen LogP contribution in [-0.4, -0.2) is 64.4 Å². The highest BCUT2D eigenvalue weighted by molar-refractivity contribution is 5.94. The van der Waals surface area contributed by atoms with Crippen molar-refractivity contribution in [2.75, 3.05) is 6.54 Å². The van der Waals surface area contributed by atoms with Crippen molar-refractivity contribution in [3.63, 3.8) is 0 Å². The number of rotatable bonds is 8. The van der Waals surface area contributed by atoms with Crippen LogP contribution in [0.4, 0.5) is 0 Å². The van der Waals surface area contributed by atoms with Gasteiger partial charge in [-0.1, -0.05) is 54.6 Å². The summed E-state index contributed by atoms with van der Waals surface area (Å²) in [4.78, 5) is 50.3. The lowest BCUT2D eigenvalue weighted by atomic mass is 10.00. The van der Waals surface area contributed by atoms with Crippen molar-refractivity contribution in [3.8, 4) is 11.1 Å². The predicted molar refractivity (Wildman–Crippen MR) is 126 cm³/mol. The third-order valence-corrected chi connectivity index (χ3v) is 5.82. The lowest BCUT2D eigenvalue weighted by Gasteiger charge is -2.28. The Bertz CT molecular complexity index is 1040. The van der Waals surface area contributed by atoms with Gasteiger partial charge in [-0.25, -0.2) is 0 Å². The summed E-state index contributed by atoms with van der Waals surface area (Å²) in [7, 11) is 0. The normalized spacial score (nSPS) is 19.2. The standard InChI is InChI=1S/C25H30N4O5/c1-15(27-16(2)30)25(34)29-14-20(31)13-22(29)24(33)28-21(23(26)32)12-17-8-10-19(11-9-17)18-6-4-3-5-7-18/h3-11,15,20-22,31H,12-14H2,1-2H3,(H2,26,32)(H,27,30)(H,28,33)/t15-,20-,21-,22+/m1/s1. The number of nitrogens with zero attached hydrogens (tertiary/aromatic N) is 1. The second-order valence-electron chi connectivity index (χ2n) is 8.55. The number of likely N-dealkylation sites (tertiary alicyclic amines) is 1. The van der Waals surface area contributed by atoms with Crippen LogP contribution < -0.4 is 16.4 Å². The summed E-state index contributed by atoms with van der Waals surface area (Å²) < 4.78 is 0. The van der Waals surface area contributed by atoms with E-state index in [2.05, 4.69) is 10.6 Å². The second-order valence-corrected chi connectivity index (χ2v) is 8.55. The van der Waals surface area contributed by atoms with Crippen LogP contribution in [0, 0.1) is 0 Å². The van der Waals surface area contributed by atoms with Crippen LogP contribution in [0.15, 0.2) is 54.6 Å². The highest BCUT2D eigenvalue weighted by atomic mass is 16.3. The molecule has 3 rings (SSSR count). The largest absolute Gasteiger partial charge is 0.391 e. The first-order chi connectivity index (χ1) is 16.2. The van der Waals surface area contributed by atoms with Crippen molar-refractivity contribution in [1.29, 1.82) is 0 Å². The van der Waals surface area contributed by atoms with Gasteiger partial charge in [0.1, 0.15) is 18.1 Å². The van der Waals surface area contributed by atoms with E-state index in [1.54, 1.807) is 0 Å². The second kappa shape index (κ2) is 10.9. The fraction of sp³-hybridized carbons (Fsp3) is 0.360. The van der Waals surface area contributed by atoms with Crippen molar-refractivity contribution >= 4 is 23.6 Å². The van der Waals surface area contributed by atoms with Gasteiger partial charge in [0.25, 0.3) is 0 Å². The summed E-state index contributed by atoms with van der Waals surface area (Å²) in [6.07, 6.45) is -0.676. The highest BCUT2D eigenvalue weighted by Crippen LogP contribution is 2.21. The van der Waals surface area contributed by atoms with Gasteiger partial charge in [-0.2, -0.15) is 0 Å². The molecule has 9 nitrogen and oxygen atoms in total. The molecule has 4 atom stereocenters. The minimum Gasteiger partial charge on any atom is -0.391 e. The lowest BCUT2D eigenvalue weighted by molar-refractivity contribution is -0.141. The Morgan fingerprint density at radius 1 is 1.03 bits per heavy atom. The van der Waals surface area contributed by atoms with Crippen LogP contribution in [0.3, 0.4) is 0 Å². The molecule has 1 fully saturated rings. The van der Waals surface area contributed by atoms with E-state index in [4.69, 9.17) is 5.73 Å². The number of hydrogen-bond acceptors (Lipinski definition) is 5. The molecule has 0 radical (unpaired) electrons. The average molecular weight is 467 g/mol. The monoisotopic (exact) mass is 466 g/mol. The van der Waals surface area contributed by atoms with Gasteiger partial charge in [0.05, 0.1) is 6.10 Å². The predicted octanol–water partition coefficient (Wildman–Crippen LogP) is 0.353. The van der Waals surface area contributed by atoms with Gasteiger partial charge >= 0.3 is 0 Å². The van der Waals surface area contributed by atoms with Gasteiger partial charge in [-0.05, 0) is 23.6 Å². The third-order valence-electron chi connectivity index (χ3n) is 5.82. The first kappa shape index (κ1) is 24.9. The van der Waals surface area contributed by atoms with Gasteiger partial charge in [0, 0.05) is 26.3 Å². The number of primary amides is 1. The van der Waals surface area contributed by atoms with Crippen molar-refractivity contribution < 1.29 is 24.3 Å². The number of carbonyl (C=O) groups excluding carboxylic acids is 4. The van der Waals surface area contributed by atoms with Crippen LogP contribution in [0.1, 0.15) is 25.8 Å². The van der Waals surface area contributed by atoms with Crippen LogP contribution in [0.5, 0.6) is 0 Å². The van der Waals surface area contributed by atoms with E-state index >= 15 is 0 Å². The van der Waals surface area contributed by atoms with Gasteiger partial charge in [-0.15, -0.1) is 0 Å². The summed E-state index contributed by atoms with van der Waals surface area (Å²) in [6, 6.07) is 14.6. The van der Waals surface area contributed by atoms with E-state index in [-0.39, 0.29) is 25.3 Å². The fourth-order valence-corrected chi connectivity index (χ4v) is 4.11. The molecule has 180 valence electrons. The molecule has 4 amide bonds. The molecule has 1 aliphatic heterocycles. The number of nitrogens with one attached hydrogen (secondary N) is 2. The number of aliphatic hydroxyl groups excluding tert-OH is 1. The van der Waals surface area contributed by atoms with Crippen LogP contribution in [0.25, 0.3) is 11.1 Å². The molecule has 0 saturated carbocycles. The number of nitrogens with two attached hydrogens (primary N) is 1. The maximum atomic E-state index is 13.0. The van der Waals surface area contributed by atoms with Crippen LogP contribution in [-0.2, 0) is 25.6 Å². The molecule has 34 heavy (non-hydrogen) atoms. The molecule has 2 aromatic rings. The Labute approximate surface area is 198 Å². The third kappa shape index (κ3) is 6.20. The molecule has 9 heteroatoms. The number of amides is 4. The minimum atomic E-state index is -0.988. The number of β-amino-alcohol motifs (C(OH)–C–C–N with tert-alkyl or cyclic N) is 1. The maximum absolute atomic E-state index is 13.0. The lowest BCUT2D eigenvalue weighted by Crippen LogP contribution is -2.55. The number of aliphatic hydroxyl groups is 1. The zero-order valence-corrected chi connectivity index (χ0v) is 19.2. The van der Waals surface area contributed by atoms with E-state index in [9.17, 15) is 24.3 Å². The first-order valence-corrected chi connectivity index (χ1v) is 11.2. The topological polar surface area (TPSA) is 142 Å². The van der Waals surface area contributed by atoms with Crippen molar-refractivity contribution in [2.45, 2.75) is 50.9 Å². The van der Waals surface area contributed by atoms with Crippen LogP contribution in [0.2, 0.25) is 0 Å². The molecule has 1 aliphatic rings. The van der Waals surface area contributed by atoms with Gasteiger partial charge in [-0.3, -0.25) is 19.2 Å². The van der Waals surface area contributed by atoms with Crippen molar-refractivity contribution in [3.05, 3.63) is 60.2 Å². The molecule has 1 heterocycles. The van der Waals surface area contributed by atoms with E-state index in [1.807, 2.05) is 54.6 Å². The number of carbonyl (C=O) groups is 4. The zero-order valence-electron chi connectivity index (χ0n) is 19.2. The Morgan fingerprint density at radius 3 is 2.24 bits per heavy atom. The molecule has 0 aliphatic carbocycles. The van der Waals surface area contributed by atoms with Gasteiger partial charge in [0.15, 0.2) is 0 Å². The Hall–Kier alpha value is -3.72. The molecule has 0 spiro atoms. The summed E-state index contributed by atoms with van der Waals surface area (Å²) >= 11 is 0. The molecular weight excluding hydrogens is 436 g/mol. The van der Waals surface area contributed by atoms with E-state index < -0.39 is 42.0 Å². The number of hydrogen-bond donors (Lipinski definition) is 4. The summed E-state index contributed by atoms with van der Waals surface area (Å²) in [5.41, 5.74) is 8.44. The molecule has 1 saturated heterocycles. The van der Waals surface area contributed by atoms with Gasteiger partial charge < -0.3 is 26.4 Å². The van der Waals surface area contributed by atoms with E-state index in [0.29, 0.717) is 0 Å². The Morgan fingerprint density at radius 2 is 1.65 bits per heavy atom. The quantitative estimate of drug-likeness (QED) is 0.444. The van der Waals surface area contributed by atoms with Crippen molar-refractivity contribution in [2.24, 2.45) is 5.73 Å². The summed E-state index contributed by atoms with van der Waals surface area (Å²) in [6.45, 7) is 2.76. The first-order valence-electron chi connectivity index (χ1n) is 11.2. The minimum absolute atomic E-state index is 0.0294. The smallest absolute Gasteiger partial charge is 0.245 e. The van der Waals surface area contributed by atoms with E-state index in [0.717, 1.165) is 16.7 Å². The fourth-order valence-electron chi connectivity index (χ4n) is 4.11. The van der Waals surface area contributed by atoms with Crippen molar-refractivity contribution in [1.82, 2.24) is 15.5 Å². The zero-order chi connectivity index (χ0) is 24.8. The molecule has 0 unspecified atom stereocenters. The molecule has 0 bridgehead atoms. The summed E-state index contributed by atoms with van der Waals surface area (Å²) in [5, 5.41) is 15.2. The highest BCUT2D eigenvalue weighted by Gasteiger charge is 2.41.